The van der Waals surface area contributed by atoms with E-state index in [1.165, 1.54) is 0 Å². The van der Waals surface area contributed by atoms with Crippen LogP contribution >= 0.6 is 0 Å². The Labute approximate surface area is 79.0 Å². The summed E-state index contributed by atoms with van der Waals surface area (Å²) in [6, 6.07) is 0.243. The third kappa shape index (κ3) is 3.60. The van der Waals surface area contributed by atoms with E-state index in [2.05, 4.69) is 9.62 Å². The van der Waals surface area contributed by atoms with E-state index in [0.717, 1.165) is 25.9 Å². The SMILES string of the molecule is CCN1CCC[C@@H]1CNS(=O)(=O)O. The van der Waals surface area contributed by atoms with Crippen molar-refractivity contribution in [2.75, 3.05) is 19.6 Å². The minimum atomic E-state index is -4.02. The van der Waals surface area contributed by atoms with Gasteiger partial charge < -0.3 is 0 Å². The van der Waals surface area contributed by atoms with Crippen LogP contribution in [0.3, 0.4) is 0 Å². The van der Waals surface area contributed by atoms with E-state index < -0.39 is 10.3 Å². The molecule has 0 aromatic carbocycles. The van der Waals surface area contributed by atoms with Gasteiger partial charge in [0.05, 0.1) is 0 Å². The van der Waals surface area contributed by atoms with Crippen LogP contribution < -0.4 is 4.72 Å². The molecule has 0 amide bonds. The quantitative estimate of drug-likeness (QED) is 0.631. The normalized spacial score (nSPS) is 25.2. The lowest BCUT2D eigenvalue weighted by atomic mass is 10.2. The molecule has 0 spiro atoms. The van der Waals surface area contributed by atoms with E-state index in [0.29, 0.717) is 6.54 Å². The standard InChI is InChI=1S/C7H16N2O3S/c1-2-9-5-3-4-7(9)6-8-13(10,11)12/h7-8H,2-6H2,1H3,(H,10,11,12)/t7-/m1/s1. The zero-order valence-electron chi connectivity index (χ0n) is 7.73. The molecule has 1 atom stereocenters. The van der Waals surface area contributed by atoms with Gasteiger partial charge in [0.15, 0.2) is 0 Å². The Morgan fingerprint density at radius 3 is 2.85 bits per heavy atom. The lowest BCUT2D eigenvalue weighted by molar-refractivity contribution is 0.266. The molecule has 0 aromatic heterocycles. The minimum absolute atomic E-state index is 0.243. The van der Waals surface area contributed by atoms with Gasteiger partial charge in [0.25, 0.3) is 0 Å². The first kappa shape index (κ1) is 10.9. The van der Waals surface area contributed by atoms with E-state index in [4.69, 9.17) is 4.55 Å². The highest BCUT2D eigenvalue weighted by molar-refractivity contribution is 7.83. The predicted molar refractivity (Wildman–Crippen MR) is 49.8 cm³/mol. The van der Waals surface area contributed by atoms with Crippen LogP contribution in [-0.4, -0.2) is 43.5 Å². The second kappa shape index (κ2) is 4.36. The van der Waals surface area contributed by atoms with Crippen LogP contribution in [0.2, 0.25) is 0 Å². The molecule has 1 saturated heterocycles. The van der Waals surface area contributed by atoms with Gasteiger partial charge in [0.2, 0.25) is 0 Å². The minimum Gasteiger partial charge on any atom is -0.299 e. The largest absolute Gasteiger partial charge is 0.333 e. The molecule has 1 rings (SSSR count). The van der Waals surface area contributed by atoms with Gasteiger partial charge in [-0.15, -0.1) is 0 Å². The Balaban J connectivity index is 2.36. The summed E-state index contributed by atoms with van der Waals surface area (Å²) in [7, 11) is -4.02. The molecule has 0 radical (unpaired) electrons. The van der Waals surface area contributed by atoms with Gasteiger partial charge in [-0.3, -0.25) is 9.45 Å². The average molecular weight is 208 g/mol. The van der Waals surface area contributed by atoms with Crippen molar-refractivity contribution >= 4 is 10.3 Å². The number of nitrogens with zero attached hydrogens (tertiary/aromatic N) is 1. The molecule has 0 bridgehead atoms. The van der Waals surface area contributed by atoms with Crippen molar-refractivity contribution in [1.82, 2.24) is 9.62 Å². The Bertz CT molecular complexity index is 252. The summed E-state index contributed by atoms with van der Waals surface area (Å²) in [6.07, 6.45) is 2.10. The van der Waals surface area contributed by atoms with Crippen molar-refractivity contribution in [2.24, 2.45) is 0 Å². The van der Waals surface area contributed by atoms with E-state index in [1.807, 2.05) is 6.92 Å². The van der Waals surface area contributed by atoms with Gasteiger partial charge in [0, 0.05) is 12.6 Å². The number of likely N-dealkylation sites (N-methyl/N-ethyl adjacent to an activating group) is 1. The predicted octanol–water partition coefficient (Wildman–Crippen LogP) is -0.137. The maximum absolute atomic E-state index is 10.4. The van der Waals surface area contributed by atoms with Crippen LogP contribution in [0.15, 0.2) is 0 Å². The van der Waals surface area contributed by atoms with E-state index >= 15 is 0 Å². The summed E-state index contributed by atoms with van der Waals surface area (Å²) in [4.78, 5) is 2.21. The van der Waals surface area contributed by atoms with E-state index in [-0.39, 0.29) is 6.04 Å². The number of hydrogen-bond donors (Lipinski definition) is 2. The maximum Gasteiger partial charge on any atom is 0.333 e. The Morgan fingerprint density at radius 2 is 2.31 bits per heavy atom. The fourth-order valence-corrected chi connectivity index (χ4v) is 2.15. The van der Waals surface area contributed by atoms with Crippen molar-refractivity contribution in [1.29, 1.82) is 0 Å². The topological polar surface area (TPSA) is 69.6 Å². The van der Waals surface area contributed by atoms with Gasteiger partial charge in [-0.25, -0.2) is 0 Å². The monoisotopic (exact) mass is 208 g/mol. The molecule has 1 aliphatic heterocycles. The smallest absolute Gasteiger partial charge is 0.299 e. The van der Waals surface area contributed by atoms with Crippen LogP contribution in [0.1, 0.15) is 19.8 Å². The number of hydrogen-bond acceptors (Lipinski definition) is 3. The van der Waals surface area contributed by atoms with E-state index in [9.17, 15) is 8.42 Å². The van der Waals surface area contributed by atoms with Crippen LogP contribution in [0.4, 0.5) is 0 Å². The highest BCUT2D eigenvalue weighted by atomic mass is 32.2. The third-order valence-electron chi connectivity index (χ3n) is 2.41. The molecular weight excluding hydrogens is 192 g/mol. The van der Waals surface area contributed by atoms with Gasteiger partial charge in [-0.2, -0.15) is 13.1 Å². The molecular formula is C7H16N2O3S. The molecule has 0 aliphatic carbocycles. The third-order valence-corrected chi connectivity index (χ3v) is 2.94. The molecule has 1 heterocycles. The highest BCUT2D eigenvalue weighted by Gasteiger charge is 2.23. The molecule has 0 saturated carbocycles. The van der Waals surface area contributed by atoms with Gasteiger partial charge >= 0.3 is 10.3 Å². The summed E-state index contributed by atoms with van der Waals surface area (Å²) < 4.78 is 31.4. The van der Waals surface area contributed by atoms with Gasteiger partial charge in [0.1, 0.15) is 0 Å². The molecule has 6 heteroatoms. The summed E-state index contributed by atoms with van der Waals surface area (Å²) in [5, 5.41) is 0. The fraction of sp³-hybridized carbons (Fsp3) is 1.00. The zero-order valence-corrected chi connectivity index (χ0v) is 8.55. The first-order chi connectivity index (χ1) is 6.03. The van der Waals surface area contributed by atoms with Crippen LogP contribution in [0.5, 0.6) is 0 Å². The van der Waals surface area contributed by atoms with Crippen molar-refractivity contribution in [3.8, 4) is 0 Å². The molecule has 1 aliphatic rings. The van der Waals surface area contributed by atoms with Crippen LogP contribution in [0, 0.1) is 0 Å². The average Bonchev–Trinajstić information content (AvgIpc) is 2.46. The summed E-state index contributed by atoms with van der Waals surface area (Å²) in [5.74, 6) is 0. The lowest BCUT2D eigenvalue weighted by Crippen LogP contribution is -2.39. The zero-order chi connectivity index (χ0) is 9.90. The lowest BCUT2D eigenvalue weighted by Gasteiger charge is -2.21. The van der Waals surface area contributed by atoms with Crippen molar-refractivity contribution in [2.45, 2.75) is 25.8 Å². The number of nitrogens with one attached hydrogen (secondary N) is 1. The van der Waals surface area contributed by atoms with Gasteiger partial charge in [-0.05, 0) is 25.9 Å². The Morgan fingerprint density at radius 1 is 1.62 bits per heavy atom. The van der Waals surface area contributed by atoms with Crippen LogP contribution in [-0.2, 0) is 10.3 Å². The second-order valence-electron chi connectivity index (χ2n) is 3.25. The molecule has 0 aromatic rings. The van der Waals surface area contributed by atoms with Gasteiger partial charge in [-0.1, -0.05) is 6.92 Å². The van der Waals surface area contributed by atoms with Crippen molar-refractivity contribution in [3.63, 3.8) is 0 Å². The molecule has 13 heavy (non-hydrogen) atoms. The summed E-state index contributed by atoms with van der Waals surface area (Å²) in [6.45, 7) is 4.31. The molecule has 5 nitrogen and oxygen atoms in total. The number of likely N-dealkylation sites (tertiary alicyclic amines) is 1. The van der Waals surface area contributed by atoms with Crippen molar-refractivity contribution in [3.05, 3.63) is 0 Å². The fourth-order valence-electron chi connectivity index (χ4n) is 1.74. The second-order valence-corrected chi connectivity index (χ2v) is 4.49. The maximum atomic E-state index is 10.4. The molecule has 0 unspecified atom stereocenters. The number of rotatable bonds is 4. The van der Waals surface area contributed by atoms with Crippen LogP contribution in [0.25, 0.3) is 0 Å². The molecule has 78 valence electrons. The molecule has 2 N–H and O–H groups in total. The Kier molecular flexibility index (Phi) is 3.66. The molecule has 1 fully saturated rings. The first-order valence-corrected chi connectivity index (χ1v) is 5.93. The Hall–Kier alpha value is -0.170. The summed E-state index contributed by atoms with van der Waals surface area (Å²) >= 11 is 0. The summed E-state index contributed by atoms with van der Waals surface area (Å²) in [5.41, 5.74) is 0. The first-order valence-electron chi connectivity index (χ1n) is 4.49. The van der Waals surface area contributed by atoms with E-state index in [1.54, 1.807) is 0 Å². The van der Waals surface area contributed by atoms with Crippen molar-refractivity contribution < 1.29 is 13.0 Å². The highest BCUT2D eigenvalue weighted by Crippen LogP contribution is 2.15.